The van der Waals surface area contributed by atoms with E-state index >= 15 is 0 Å². The van der Waals surface area contributed by atoms with Crippen LogP contribution in [0.2, 0.25) is 10.0 Å². The number of fused-ring (bicyclic) bond motifs is 1. The number of benzene rings is 2. The third-order valence-electron chi connectivity index (χ3n) is 5.16. The third kappa shape index (κ3) is 4.33. The van der Waals surface area contributed by atoms with Crippen LogP contribution in [0, 0.1) is 0 Å². The second kappa shape index (κ2) is 8.84. The monoisotopic (exact) mass is 489 g/mol. The number of aromatic nitrogens is 2. The lowest BCUT2D eigenvalue weighted by Crippen LogP contribution is -2.37. The molecule has 0 N–H and O–H groups in total. The SMILES string of the molecule is O=C(c1ccc2ncsc2c1)N(CC1CCCO1)c1nc(-c2ccc(Cl)cc2Cl)cs1. The molecule has 1 fully saturated rings. The number of hydrogen-bond acceptors (Lipinski definition) is 6. The maximum atomic E-state index is 13.5. The number of rotatable bonds is 5. The Morgan fingerprint density at radius 1 is 1.19 bits per heavy atom. The van der Waals surface area contributed by atoms with Crippen LogP contribution < -0.4 is 4.90 Å². The lowest BCUT2D eigenvalue weighted by atomic mass is 10.1. The Labute approximate surface area is 197 Å². The van der Waals surface area contributed by atoms with E-state index in [0.29, 0.717) is 33.0 Å². The first-order valence-corrected chi connectivity index (χ1v) is 12.3. The molecule has 1 aliphatic heterocycles. The van der Waals surface area contributed by atoms with Crippen LogP contribution >= 0.6 is 45.9 Å². The maximum absolute atomic E-state index is 13.5. The quantitative estimate of drug-likeness (QED) is 0.318. The van der Waals surface area contributed by atoms with Crippen molar-refractivity contribution in [1.82, 2.24) is 9.97 Å². The molecule has 31 heavy (non-hydrogen) atoms. The Morgan fingerprint density at radius 2 is 2.10 bits per heavy atom. The van der Waals surface area contributed by atoms with E-state index in [1.54, 1.807) is 22.5 Å². The van der Waals surface area contributed by atoms with Crippen molar-refractivity contribution >= 4 is 67.1 Å². The number of halogens is 2. The Hall–Kier alpha value is -2.03. The van der Waals surface area contributed by atoms with E-state index in [1.165, 1.54) is 22.7 Å². The van der Waals surface area contributed by atoms with Gasteiger partial charge in [0.2, 0.25) is 0 Å². The van der Waals surface area contributed by atoms with Crippen molar-refractivity contribution in [3.63, 3.8) is 0 Å². The molecule has 9 heteroatoms. The molecule has 158 valence electrons. The fourth-order valence-corrected chi connectivity index (χ4v) is 5.65. The van der Waals surface area contributed by atoms with Crippen LogP contribution in [0.4, 0.5) is 5.13 Å². The first-order valence-electron chi connectivity index (χ1n) is 9.76. The molecule has 5 rings (SSSR count). The summed E-state index contributed by atoms with van der Waals surface area (Å²) in [6.07, 6.45) is 1.93. The lowest BCUT2D eigenvalue weighted by molar-refractivity contribution is 0.0917. The van der Waals surface area contributed by atoms with Gasteiger partial charge in [0, 0.05) is 28.1 Å². The van der Waals surface area contributed by atoms with Crippen LogP contribution in [0.3, 0.4) is 0 Å². The number of carbonyl (C=O) groups is 1. The van der Waals surface area contributed by atoms with Crippen LogP contribution in [-0.4, -0.2) is 35.1 Å². The highest BCUT2D eigenvalue weighted by Gasteiger charge is 2.27. The highest BCUT2D eigenvalue weighted by Crippen LogP contribution is 2.34. The molecule has 1 aliphatic rings. The molecular weight excluding hydrogens is 473 g/mol. The van der Waals surface area contributed by atoms with Gasteiger partial charge in [0.1, 0.15) is 0 Å². The smallest absolute Gasteiger partial charge is 0.260 e. The van der Waals surface area contributed by atoms with E-state index in [9.17, 15) is 4.79 Å². The summed E-state index contributed by atoms with van der Waals surface area (Å²) in [5.41, 5.74) is 4.78. The number of anilines is 1. The molecule has 3 heterocycles. The van der Waals surface area contributed by atoms with Gasteiger partial charge in [0.15, 0.2) is 5.13 Å². The van der Waals surface area contributed by atoms with Gasteiger partial charge in [-0.05, 0) is 49.2 Å². The molecule has 4 aromatic rings. The zero-order chi connectivity index (χ0) is 21.4. The fourth-order valence-electron chi connectivity index (χ4n) is 3.59. The zero-order valence-corrected chi connectivity index (χ0v) is 19.4. The van der Waals surface area contributed by atoms with Crippen molar-refractivity contribution in [2.45, 2.75) is 18.9 Å². The molecule has 2 aromatic heterocycles. The molecule has 0 spiro atoms. The minimum atomic E-state index is -0.103. The predicted octanol–water partition coefficient (Wildman–Crippen LogP) is 6.55. The average molecular weight is 490 g/mol. The van der Waals surface area contributed by atoms with Crippen molar-refractivity contribution in [3.8, 4) is 11.3 Å². The predicted molar refractivity (Wildman–Crippen MR) is 128 cm³/mol. The number of ether oxygens (including phenoxy) is 1. The van der Waals surface area contributed by atoms with Crippen LogP contribution in [0.5, 0.6) is 0 Å². The van der Waals surface area contributed by atoms with E-state index < -0.39 is 0 Å². The summed E-state index contributed by atoms with van der Waals surface area (Å²) in [5.74, 6) is -0.103. The minimum Gasteiger partial charge on any atom is -0.376 e. The van der Waals surface area contributed by atoms with E-state index in [0.717, 1.165) is 35.2 Å². The van der Waals surface area contributed by atoms with Crippen molar-refractivity contribution in [2.75, 3.05) is 18.1 Å². The van der Waals surface area contributed by atoms with Gasteiger partial charge < -0.3 is 4.74 Å². The van der Waals surface area contributed by atoms with E-state index in [-0.39, 0.29) is 12.0 Å². The summed E-state index contributed by atoms with van der Waals surface area (Å²) in [7, 11) is 0. The molecule has 0 aliphatic carbocycles. The summed E-state index contributed by atoms with van der Waals surface area (Å²) in [4.78, 5) is 24.3. The van der Waals surface area contributed by atoms with E-state index in [2.05, 4.69) is 4.98 Å². The summed E-state index contributed by atoms with van der Waals surface area (Å²) >= 11 is 15.3. The number of carbonyl (C=O) groups excluding carboxylic acids is 1. The first-order chi connectivity index (χ1) is 15.1. The molecule has 0 bridgehead atoms. The van der Waals surface area contributed by atoms with Gasteiger partial charge in [-0.2, -0.15) is 0 Å². The Kier molecular flexibility index (Phi) is 5.95. The van der Waals surface area contributed by atoms with Gasteiger partial charge in [0.05, 0.1) is 39.1 Å². The minimum absolute atomic E-state index is 0.00237. The van der Waals surface area contributed by atoms with Crippen molar-refractivity contribution in [1.29, 1.82) is 0 Å². The molecule has 2 aromatic carbocycles. The van der Waals surface area contributed by atoms with Crippen LogP contribution in [0.15, 0.2) is 47.3 Å². The summed E-state index contributed by atoms with van der Waals surface area (Å²) in [6.45, 7) is 1.18. The van der Waals surface area contributed by atoms with Gasteiger partial charge in [-0.15, -0.1) is 22.7 Å². The highest BCUT2D eigenvalue weighted by atomic mass is 35.5. The molecule has 1 atom stereocenters. The van der Waals surface area contributed by atoms with Crippen LogP contribution in [-0.2, 0) is 4.74 Å². The van der Waals surface area contributed by atoms with Gasteiger partial charge in [-0.3, -0.25) is 9.69 Å². The van der Waals surface area contributed by atoms with Gasteiger partial charge in [0.25, 0.3) is 5.91 Å². The number of hydrogen-bond donors (Lipinski definition) is 0. The topological polar surface area (TPSA) is 55.3 Å². The molecule has 0 radical (unpaired) electrons. The summed E-state index contributed by atoms with van der Waals surface area (Å²) in [6, 6.07) is 10.9. The maximum Gasteiger partial charge on any atom is 0.260 e. The second-order valence-corrected chi connectivity index (χ2v) is 9.79. The molecular formula is C22H17Cl2N3O2S2. The normalized spacial score (nSPS) is 16.1. The van der Waals surface area contributed by atoms with Gasteiger partial charge in [-0.25, -0.2) is 9.97 Å². The molecule has 1 unspecified atom stereocenters. The van der Waals surface area contributed by atoms with Crippen LogP contribution in [0.25, 0.3) is 21.5 Å². The average Bonchev–Trinajstić information content (AvgIpc) is 3.52. The first kappa shape index (κ1) is 20.8. The number of thiazole rings is 2. The van der Waals surface area contributed by atoms with E-state index in [4.69, 9.17) is 32.9 Å². The highest BCUT2D eigenvalue weighted by molar-refractivity contribution is 7.16. The lowest BCUT2D eigenvalue weighted by Gasteiger charge is -2.23. The Balaban J connectivity index is 1.50. The van der Waals surface area contributed by atoms with Gasteiger partial charge >= 0.3 is 0 Å². The fraction of sp³-hybridized carbons (Fsp3) is 0.227. The Bertz CT molecular complexity index is 1250. The number of nitrogens with zero attached hydrogens (tertiary/aromatic N) is 3. The molecule has 0 saturated carbocycles. The largest absolute Gasteiger partial charge is 0.376 e. The molecule has 1 saturated heterocycles. The van der Waals surface area contributed by atoms with E-state index in [1.807, 2.05) is 29.6 Å². The molecule has 5 nitrogen and oxygen atoms in total. The molecule has 1 amide bonds. The zero-order valence-electron chi connectivity index (χ0n) is 16.3. The van der Waals surface area contributed by atoms with Crippen LogP contribution in [0.1, 0.15) is 23.2 Å². The standard InChI is InChI=1S/C22H17Cl2N3O2S2/c23-14-4-5-16(17(24)9-14)19-11-30-22(26-19)27(10-15-2-1-7-29-15)21(28)13-3-6-18-20(8-13)31-12-25-18/h3-6,8-9,11-12,15H,1-2,7,10H2. The number of amides is 1. The second-order valence-electron chi connectivity index (χ2n) is 7.23. The summed E-state index contributed by atoms with van der Waals surface area (Å²) < 4.78 is 6.79. The third-order valence-corrected chi connectivity index (χ3v) is 7.37. The van der Waals surface area contributed by atoms with Gasteiger partial charge in [-0.1, -0.05) is 23.2 Å². The Morgan fingerprint density at radius 3 is 2.90 bits per heavy atom. The van der Waals surface area contributed by atoms with Crippen molar-refractivity contribution in [3.05, 3.63) is 62.9 Å². The van der Waals surface area contributed by atoms with Crippen molar-refractivity contribution in [2.24, 2.45) is 0 Å². The summed E-state index contributed by atoms with van der Waals surface area (Å²) in [5, 5.41) is 3.62. The van der Waals surface area contributed by atoms with Crippen molar-refractivity contribution < 1.29 is 9.53 Å².